The molecule has 0 aliphatic heterocycles. The molecule has 19 heavy (non-hydrogen) atoms. The third-order valence-corrected chi connectivity index (χ3v) is 4.01. The molecule has 0 aromatic carbocycles. The van der Waals surface area contributed by atoms with Crippen molar-refractivity contribution in [2.45, 2.75) is 110 Å². The third kappa shape index (κ3) is 17.7. The van der Waals surface area contributed by atoms with Crippen LogP contribution in [-0.2, 0) is 0 Å². The maximum Gasteiger partial charge on any atom is -0.0353 e. The second kappa shape index (κ2) is 17.7. The second-order valence-electron chi connectivity index (χ2n) is 6.03. The molecule has 0 aliphatic rings. The van der Waals surface area contributed by atoms with Crippen molar-refractivity contribution in [1.82, 2.24) is 0 Å². The van der Waals surface area contributed by atoms with Crippen LogP contribution in [0.5, 0.6) is 0 Å². The fourth-order valence-electron chi connectivity index (χ4n) is 2.66. The summed E-state index contributed by atoms with van der Waals surface area (Å²) < 4.78 is 0. The van der Waals surface area contributed by atoms with Crippen molar-refractivity contribution in [2.24, 2.45) is 0 Å². The van der Waals surface area contributed by atoms with Crippen molar-refractivity contribution in [3.05, 3.63) is 12.7 Å². The molecule has 0 saturated carbocycles. The predicted molar refractivity (Wildman–Crippen MR) is 89.7 cm³/mol. The van der Waals surface area contributed by atoms with E-state index in [2.05, 4.69) is 13.5 Å². The first-order valence-electron chi connectivity index (χ1n) is 9.02. The molecule has 0 aliphatic carbocycles. The number of hydrogen-bond donors (Lipinski definition) is 0. The van der Waals surface area contributed by atoms with Gasteiger partial charge in [-0.05, 0) is 12.8 Å². The summed E-state index contributed by atoms with van der Waals surface area (Å²) in [6, 6.07) is 0. The largest absolute Gasteiger partial charge is 0.103 e. The fourth-order valence-corrected chi connectivity index (χ4v) is 2.66. The van der Waals surface area contributed by atoms with Gasteiger partial charge >= 0.3 is 0 Å². The normalized spacial score (nSPS) is 10.8. The van der Waals surface area contributed by atoms with Crippen molar-refractivity contribution in [2.75, 3.05) is 0 Å². The molecule has 0 atom stereocenters. The molecule has 0 fully saturated rings. The molecule has 0 bridgehead atoms. The lowest BCUT2D eigenvalue weighted by Crippen LogP contribution is -1.83. The Kier molecular flexibility index (Phi) is 17.5. The van der Waals surface area contributed by atoms with Crippen LogP contribution >= 0.6 is 0 Å². The first-order valence-corrected chi connectivity index (χ1v) is 9.02. The van der Waals surface area contributed by atoms with Crippen molar-refractivity contribution in [3.8, 4) is 0 Å². The molecule has 0 heteroatoms. The average molecular weight is 267 g/mol. The Morgan fingerprint density at radius 1 is 0.526 bits per heavy atom. The smallest absolute Gasteiger partial charge is 0.0353 e. The van der Waals surface area contributed by atoms with Crippen LogP contribution in [0.4, 0.5) is 0 Å². The van der Waals surface area contributed by atoms with Gasteiger partial charge in [-0.15, -0.1) is 6.58 Å². The maximum absolute atomic E-state index is 3.76. The van der Waals surface area contributed by atoms with Crippen molar-refractivity contribution in [3.63, 3.8) is 0 Å². The number of allylic oxidation sites excluding steroid dienone is 1. The molecule has 0 heterocycles. The van der Waals surface area contributed by atoms with E-state index in [0.717, 1.165) is 0 Å². The molecule has 0 aromatic heterocycles. The van der Waals surface area contributed by atoms with Gasteiger partial charge in [-0.1, -0.05) is 103 Å². The number of hydrogen-bond acceptors (Lipinski definition) is 0. The van der Waals surface area contributed by atoms with E-state index in [0.29, 0.717) is 0 Å². The molecule has 0 saturated heterocycles. The van der Waals surface area contributed by atoms with Crippen LogP contribution in [0, 0.1) is 0 Å². The fraction of sp³-hybridized carbons (Fsp3) is 0.895. The van der Waals surface area contributed by atoms with E-state index in [1.165, 1.54) is 103 Å². The summed E-state index contributed by atoms with van der Waals surface area (Å²) in [7, 11) is 0. The van der Waals surface area contributed by atoms with Gasteiger partial charge in [-0.2, -0.15) is 0 Å². The highest BCUT2D eigenvalue weighted by Gasteiger charge is 1.93. The standard InChI is InChI=1S/C19H38/c1-3-5-7-9-11-13-15-17-19-18-16-14-12-10-8-6-4-2/h3H,1,4-19H2,2H3. The van der Waals surface area contributed by atoms with E-state index in [4.69, 9.17) is 0 Å². The van der Waals surface area contributed by atoms with Crippen molar-refractivity contribution >= 4 is 0 Å². The monoisotopic (exact) mass is 266 g/mol. The Bertz CT molecular complexity index is 159. The van der Waals surface area contributed by atoms with Gasteiger partial charge in [0, 0.05) is 0 Å². The van der Waals surface area contributed by atoms with Crippen LogP contribution in [0.15, 0.2) is 12.7 Å². The van der Waals surface area contributed by atoms with Gasteiger partial charge in [0.25, 0.3) is 0 Å². The number of unbranched alkanes of at least 4 members (excludes halogenated alkanes) is 15. The summed E-state index contributed by atoms with van der Waals surface area (Å²) in [4.78, 5) is 0. The highest BCUT2D eigenvalue weighted by Crippen LogP contribution is 2.13. The summed E-state index contributed by atoms with van der Waals surface area (Å²) >= 11 is 0. The third-order valence-electron chi connectivity index (χ3n) is 4.01. The Balaban J connectivity index is 2.89. The first kappa shape index (κ1) is 18.7. The lowest BCUT2D eigenvalue weighted by Gasteiger charge is -2.03. The van der Waals surface area contributed by atoms with E-state index >= 15 is 0 Å². The molecule has 0 rings (SSSR count). The summed E-state index contributed by atoms with van der Waals surface area (Å²) in [5.41, 5.74) is 0. The lowest BCUT2D eigenvalue weighted by molar-refractivity contribution is 0.533. The molecule has 0 nitrogen and oxygen atoms in total. The topological polar surface area (TPSA) is 0 Å². The second-order valence-corrected chi connectivity index (χ2v) is 6.03. The molecule has 0 N–H and O–H groups in total. The van der Waals surface area contributed by atoms with E-state index in [9.17, 15) is 0 Å². The Morgan fingerprint density at radius 2 is 0.842 bits per heavy atom. The van der Waals surface area contributed by atoms with Gasteiger partial charge in [-0.3, -0.25) is 0 Å². The molecule has 0 unspecified atom stereocenters. The van der Waals surface area contributed by atoms with Crippen LogP contribution in [0.2, 0.25) is 0 Å². The van der Waals surface area contributed by atoms with Gasteiger partial charge < -0.3 is 0 Å². The zero-order valence-corrected chi connectivity index (χ0v) is 13.6. The van der Waals surface area contributed by atoms with E-state index in [1.807, 2.05) is 6.08 Å². The summed E-state index contributed by atoms with van der Waals surface area (Å²) in [5, 5.41) is 0. The van der Waals surface area contributed by atoms with E-state index in [-0.39, 0.29) is 0 Å². The first-order chi connectivity index (χ1) is 9.41. The van der Waals surface area contributed by atoms with Gasteiger partial charge in [0.05, 0.1) is 0 Å². The molecule has 0 aromatic rings. The van der Waals surface area contributed by atoms with Crippen LogP contribution < -0.4 is 0 Å². The minimum absolute atomic E-state index is 1.21. The minimum atomic E-state index is 1.21. The average Bonchev–Trinajstić information content (AvgIpc) is 2.43. The highest BCUT2D eigenvalue weighted by molar-refractivity contribution is 4.65. The summed E-state index contributed by atoms with van der Waals surface area (Å²) in [6.07, 6.45) is 24.9. The quantitative estimate of drug-likeness (QED) is 0.201. The summed E-state index contributed by atoms with van der Waals surface area (Å²) in [5.74, 6) is 0. The lowest BCUT2D eigenvalue weighted by atomic mass is 10.0. The molecule has 0 spiro atoms. The van der Waals surface area contributed by atoms with Gasteiger partial charge in [-0.25, -0.2) is 0 Å². The Hall–Kier alpha value is -0.260. The zero-order valence-electron chi connectivity index (χ0n) is 13.6. The van der Waals surface area contributed by atoms with Crippen molar-refractivity contribution in [1.29, 1.82) is 0 Å². The van der Waals surface area contributed by atoms with Crippen LogP contribution in [0.1, 0.15) is 110 Å². The Labute approximate surface area is 123 Å². The Morgan fingerprint density at radius 3 is 1.16 bits per heavy atom. The maximum atomic E-state index is 3.76. The molecule has 114 valence electrons. The predicted octanol–water partition coefficient (Wildman–Crippen LogP) is 7.43. The van der Waals surface area contributed by atoms with Crippen LogP contribution in [0.3, 0.4) is 0 Å². The van der Waals surface area contributed by atoms with Gasteiger partial charge in [0.2, 0.25) is 0 Å². The highest BCUT2D eigenvalue weighted by atomic mass is 14.0. The summed E-state index contributed by atoms with van der Waals surface area (Å²) in [6.45, 7) is 6.06. The molecule has 0 amide bonds. The SMILES string of the molecule is C=CCCCCCCCCCCCCCCCCC. The van der Waals surface area contributed by atoms with E-state index < -0.39 is 0 Å². The van der Waals surface area contributed by atoms with E-state index in [1.54, 1.807) is 0 Å². The molecule has 0 radical (unpaired) electrons. The molecular formula is C19H38. The molecular weight excluding hydrogens is 228 g/mol. The zero-order chi connectivity index (χ0) is 14.0. The van der Waals surface area contributed by atoms with Gasteiger partial charge in [0.1, 0.15) is 0 Å². The van der Waals surface area contributed by atoms with Crippen LogP contribution in [0.25, 0.3) is 0 Å². The minimum Gasteiger partial charge on any atom is -0.103 e. The van der Waals surface area contributed by atoms with Gasteiger partial charge in [0.15, 0.2) is 0 Å². The van der Waals surface area contributed by atoms with Crippen molar-refractivity contribution < 1.29 is 0 Å². The number of rotatable bonds is 16. The van der Waals surface area contributed by atoms with Crippen LogP contribution in [-0.4, -0.2) is 0 Å².